The Morgan fingerprint density at radius 2 is 1.86 bits per heavy atom. The van der Waals surface area contributed by atoms with Crippen LogP contribution in [0.1, 0.15) is 66.4 Å². The molecule has 35 heavy (non-hydrogen) atoms. The van der Waals surface area contributed by atoms with Gasteiger partial charge in [-0.15, -0.1) is 0 Å². The van der Waals surface area contributed by atoms with Gasteiger partial charge in [0.2, 0.25) is 0 Å². The molecule has 0 spiro atoms. The average molecular weight is 501 g/mol. The van der Waals surface area contributed by atoms with Crippen molar-refractivity contribution >= 4 is 33.6 Å². The number of likely N-dealkylation sites (tertiary alicyclic amines) is 1. The molecule has 3 aliphatic rings. The number of anilines is 1. The smallest absolute Gasteiger partial charge is 0.410 e. The van der Waals surface area contributed by atoms with Crippen LogP contribution < -0.4 is 10.6 Å². The Balaban J connectivity index is 1.31. The minimum Gasteiger partial charge on any atom is -0.444 e. The van der Waals surface area contributed by atoms with E-state index in [9.17, 15) is 22.8 Å². The largest absolute Gasteiger partial charge is 0.444 e. The number of benzene rings is 1. The number of carbonyl (C=O) groups is 3. The Kier molecular flexibility index (Phi) is 5.24. The van der Waals surface area contributed by atoms with Crippen molar-refractivity contribution in [3.05, 3.63) is 47.3 Å². The van der Waals surface area contributed by atoms with Gasteiger partial charge < -0.3 is 20.3 Å². The zero-order valence-electron chi connectivity index (χ0n) is 20.0. The molecular weight excluding hydrogens is 472 g/mol. The predicted molar refractivity (Wildman–Crippen MR) is 127 cm³/mol. The third-order valence-corrected chi connectivity index (χ3v) is 8.20. The molecule has 2 aliphatic heterocycles. The molecule has 2 atom stereocenters. The molecule has 1 aromatic carbocycles. The molecule has 3 amide bonds. The van der Waals surface area contributed by atoms with Crippen LogP contribution >= 0.6 is 0 Å². The van der Waals surface area contributed by atoms with E-state index in [2.05, 4.69) is 17.6 Å². The van der Waals surface area contributed by atoms with Crippen molar-refractivity contribution in [1.29, 1.82) is 0 Å². The van der Waals surface area contributed by atoms with E-state index in [0.29, 0.717) is 19.0 Å². The maximum Gasteiger partial charge on any atom is 0.410 e. The van der Waals surface area contributed by atoms with Crippen LogP contribution in [-0.2, 0) is 14.8 Å². The number of nitrogens with one attached hydrogen (secondary N) is 2. The topological polar surface area (TPSA) is 127 Å². The first kappa shape index (κ1) is 23.4. The highest BCUT2D eigenvalue weighted by molar-refractivity contribution is 7.90. The molecule has 2 aromatic rings. The standard InChI is InChI=1S/C24H28N4O6S/c1-13-7-17(13)15-9-19-22(30)26-18-8-14(5-6-20(18)35(32,33)28(19)10-15)21(29)25-16-11-27(12-16)23(31)34-24(2,3)4/h5-6,8-10,13,16-17H,7,11-12H2,1-4H3,(H,25,29)(H,26,30)/t13?,17-/m0/s1. The lowest BCUT2D eigenvalue weighted by molar-refractivity contribution is 0.00532. The summed E-state index contributed by atoms with van der Waals surface area (Å²) >= 11 is 0. The molecule has 186 valence electrons. The Morgan fingerprint density at radius 3 is 2.49 bits per heavy atom. The van der Waals surface area contributed by atoms with E-state index < -0.39 is 33.5 Å². The highest BCUT2D eigenvalue weighted by atomic mass is 32.2. The summed E-state index contributed by atoms with van der Waals surface area (Å²) in [5, 5.41) is 5.47. The molecule has 0 bridgehead atoms. The van der Waals surface area contributed by atoms with Crippen molar-refractivity contribution in [2.24, 2.45) is 5.92 Å². The minimum atomic E-state index is -4.02. The number of aromatic nitrogens is 1. The lowest BCUT2D eigenvalue weighted by Gasteiger charge is -2.39. The summed E-state index contributed by atoms with van der Waals surface area (Å²) < 4.78 is 33.0. The van der Waals surface area contributed by atoms with Gasteiger partial charge in [0.25, 0.3) is 21.8 Å². The first-order valence-electron chi connectivity index (χ1n) is 11.6. The summed E-state index contributed by atoms with van der Waals surface area (Å²) in [5.74, 6) is -0.244. The van der Waals surface area contributed by atoms with Gasteiger partial charge in [-0.1, -0.05) is 6.92 Å². The molecule has 1 aromatic heterocycles. The van der Waals surface area contributed by atoms with Crippen molar-refractivity contribution in [3.63, 3.8) is 0 Å². The second kappa shape index (κ2) is 7.84. The maximum absolute atomic E-state index is 13.3. The van der Waals surface area contributed by atoms with Gasteiger partial charge in [-0.2, -0.15) is 0 Å². The van der Waals surface area contributed by atoms with Gasteiger partial charge >= 0.3 is 6.09 Å². The predicted octanol–water partition coefficient (Wildman–Crippen LogP) is 2.76. The van der Waals surface area contributed by atoms with Crippen LogP contribution in [0.15, 0.2) is 35.4 Å². The quantitative estimate of drug-likeness (QED) is 0.667. The molecule has 2 N–H and O–H groups in total. The fraction of sp³-hybridized carbons (Fsp3) is 0.458. The molecule has 11 heteroatoms. The number of hydrogen-bond donors (Lipinski definition) is 2. The van der Waals surface area contributed by atoms with Crippen LogP contribution in [0.4, 0.5) is 10.5 Å². The van der Waals surface area contributed by atoms with Crippen molar-refractivity contribution < 1.29 is 27.5 Å². The Hall–Kier alpha value is -3.34. The summed E-state index contributed by atoms with van der Waals surface area (Å²) in [5.41, 5.74) is 0.548. The molecule has 1 saturated heterocycles. The van der Waals surface area contributed by atoms with Crippen LogP contribution in [0.25, 0.3) is 0 Å². The first-order chi connectivity index (χ1) is 16.3. The van der Waals surface area contributed by atoms with Gasteiger partial charge in [-0.3, -0.25) is 9.59 Å². The van der Waals surface area contributed by atoms with E-state index >= 15 is 0 Å². The van der Waals surface area contributed by atoms with Gasteiger partial charge in [-0.25, -0.2) is 17.2 Å². The molecule has 0 radical (unpaired) electrons. The van der Waals surface area contributed by atoms with Gasteiger partial charge in [-0.05, 0) is 68.9 Å². The average Bonchev–Trinajstić information content (AvgIpc) is 3.29. The second-order valence-electron chi connectivity index (χ2n) is 10.5. The van der Waals surface area contributed by atoms with Crippen molar-refractivity contribution in [1.82, 2.24) is 14.2 Å². The molecule has 2 fully saturated rings. The fourth-order valence-corrected chi connectivity index (χ4v) is 5.91. The maximum atomic E-state index is 13.3. The van der Waals surface area contributed by atoms with E-state index in [-0.39, 0.29) is 33.8 Å². The molecular formula is C24H28N4O6S. The summed E-state index contributed by atoms with van der Waals surface area (Å²) in [6, 6.07) is 5.49. The molecule has 1 aliphatic carbocycles. The van der Waals surface area contributed by atoms with Crippen LogP contribution in [-0.4, -0.2) is 59.9 Å². The van der Waals surface area contributed by atoms with Gasteiger partial charge in [0, 0.05) is 24.8 Å². The highest BCUT2D eigenvalue weighted by Crippen LogP contribution is 2.48. The number of amides is 3. The van der Waals surface area contributed by atoms with E-state index in [1.165, 1.54) is 29.3 Å². The zero-order valence-corrected chi connectivity index (χ0v) is 20.8. The second-order valence-corrected chi connectivity index (χ2v) is 12.3. The number of carbonyl (C=O) groups excluding carboxylic acids is 3. The SMILES string of the molecule is CC1C[C@@H]1c1cc2n(c1)S(=O)(=O)c1ccc(C(=O)NC3CN(C(=O)OC(C)(C)C)C3)cc1NC2=O. The summed E-state index contributed by atoms with van der Waals surface area (Å²) in [7, 11) is -4.02. The number of hydrogen-bond acceptors (Lipinski definition) is 6. The summed E-state index contributed by atoms with van der Waals surface area (Å²) in [6.45, 7) is 8.06. The molecule has 10 nitrogen and oxygen atoms in total. The number of ether oxygens (including phenoxy) is 1. The zero-order chi connectivity index (χ0) is 25.3. The molecule has 1 saturated carbocycles. The van der Waals surface area contributed by atoms with Crippen molar-refractivity contribution in [2.45, 2.75) is 56.6 Å². The van der Waals surface area contributed by atoms with E-state index in [0.717, 1.165) is 16.0 Å². The number of nitrogens with zero attached hydrogens (tertiary/aromatic N) is 2. The van der Waals surface area contributed by atoms with Crippen LogP contribution in [0.3, 0.4) is 0 Å². The van der Waals surface area contributed by atoms with Crippen molar-refractivity contribution in [2.75, 3.05) is 18.4 Å². The van der Waals surface area contributed by atoms with Crippen LogP contribution in [0, 0.1) is 5.92 Å². The minimum absolute atomic E-state index is 0.0525. The Morgan fingerprint density at radius 1 is 1.17 bits per heavy atom. The van der Waals surface area contributed by atoms with Crippen LogP contribution in [0.2, 0.25) is 0 Å². The van der Waals surface area contributed by atoms with E-state index in [1.54, 1.807) is 26.8 Å². The van der Waals surface area contributed by atoms with Gasteiger partial charge in [0.1, 0.15) is 16.2 Å². The Bertz CT molecular complexity index is 1350. The fourth-order valence-electron chi connectivity index (χ4n) is 4.42. The van der Waals surface area contributed by atoms with Gasteiger partial charge in [0.05, 0.1) is 11.7 Å². The normalized spacial score (nSPS) is 22.7. The molecule has 1 unspecified atom stereocenters. The number of fused-ring (bicyclic) bond motifs is 2. The summed E-state index contributed by atoms with van der Waals surface area (Å²) in [6.07, 6.45) is 2.06. The third kappa shape index (κ3) is 4.29. The monoisotopic (exact) mass is 500 g/mol. The first-order valence-corrected chi connectivity index (χ1v) is 13.0. The summed E-state index contributed by atoms with van der Waals surface area (Å²) in [4.78, 5) is 39.1. The molecule has 3 heterocycles. The highest BCUT2D eigenvalue weighted by Gasteiger charge is 2.39. The van der Waals surface area contributed by atoms with Crippen LogP contribution in [0.5, 0.6) is 0 Å². The van der Waals surface area contributed by atoms with Gasteiger partial charge in [0.15, 0.2) is 0 Å². The Labute approximate surface area is 203 Å². The lowest BCUT2D eigenvalue weighted by atomic mass is 10.1. The molecule has 5 rings (SSSR count). The lowest BCUT2D eigenvalue weighted by Crippen LogP contribution is -2.61. The number of rotatable bonds is 3. The third-order valence-electron chi connectivity index (χ3n) is 6.47. The van der Waals surface area contributed by atoms with E-state index in [1.807, 2.05) is 0 Å². The van der Waals surface area contributed by atoms with E-state index in [4.69, 9.17) is 4.74 Å². The van der Waals surface area contributed by atoms with Crippen molar-refractivity contribution in [3.8, 4) is 0 Å².